The van der Waals surface area contributed by atoms with Crippen molar-refractivity contribution in [1.82, 2.24) is 10.3 Å². The first kappa shape index (κ1) is 13.6. The van der Waals surface area contributed by atoms with Gasteiger partial charge in [-0.3, -0.25) is 0 Å². The molecule has 92 valence electrons. The molecular weight excluding hydrogens is 220 g/mol. The van der Waals surface area contributed by atoms with Crippen LogP contribution >= 0.6 is 11.3 Å². The lowest BCUT2D eigenvalue weighted by Crippen LogP contribution is -2.35. The van der Waals surface area contributed by atoms with Crippen LogP contribution in [0.5, 0.6) is 0 Å². The fourth-order valence-corrected chi connectivity index (χ4v) is 1.98. The molecule has 0 bridgehead atoms. The molecule has 1 N–H and O–H groups in total. The molecule has 0 atom stereocenters. The maximum absolute atomic E-state index is 5.31. The molecule has 1 heterocycles. The van der Waals surface area contributed by atoms with Crippen molar-refractivity contribution in [3.05, 3.63) is 16.1 Å². The van der Waals surface area contributed by atoms with E-state index in [1.165, 1.54) is 5.01 Å². The van der Waals surface area contributed by atoms with Crippen LogP contribution in [-0.2, 0) is 17.7 Å². The normalized spacial score (nSPS) is 12.0. The van der Waals surface area contributed by atoms with Crippen molar-refractivity contribution in [1.29, 1.82) is 0 Å². The van der Waals surface area contributed by atoms with Gasteiger partial charge in [-0.1, -0.05) is 0 Å². The second-order valence-corrected chi connectivity index (χ2v) is 5.73. The lowest BCUT2D eigenvalue weighted by molar-refractivity contribution is 0.151. The molecule has 0 amide bonds. The maximum atomic E-state index is 5.31. The molecule has 0 fully saturated rings. The van der Waals surface area contributed by atoms with E-state index in [0.717, 1.165) is 31.9 Å². The number of hydrogen-bond acceptors (Lipinski definition) is 4. The van der Waals surface area contributed by atoms with Gasteiger partial charge in [0.15, 0.2) is 0 Å². The third-order valence-corrected chi connectivity index (χ3v) is 3.02. The third kappa shape index (κ3) is 5.58. The average molecular weight is 242 g/mol. The lowest BCUT2D eigenvalue weighted by atomic mass is 10.1. The van der Waals surface area contributed by atoms with E-state index in [1.807, 2.05) is 6.92 Å². The van der Waals surface area contributed by atoms with Gasteiger partial charge >= 0.3 is 0 Å². The Hall–Kier alpha value is -0.450. The standard InChI is InChI=1S/C12H22N2OS/c1-5-15-7-6-11-14-10(9-16-11)8-13-12(2,3)4/h9,13H,5-8H2,1-4H3. The van der Waals surface area contributed by atoms with Gasteiger partial charge in [0.1, 0.15) is 0 Å². The van der Waals surface area contributed by atoms with Crippen molar-refractivity contribution in [3.63, 3.8) is 0 Å². The van der Waals surface area contributed by atoms with Gasteiger partial charge in [-0.25, -0.2) is 4.98 Å². The van der Waals surface area contributed by atoms with Gasteiger partial charge in [0, 0.05) is 30.5 Å². The molecule has 3 nitrogen and oxygen atoms in total. The fourth-order valence-electron chi connectivity index (χ4n) is 1.20. The van der Waals surface area contributed by atoms with Gasteiger partial charge in [0.05, 0.1) is 17.3 Å². The Morgan fingerprint density at radius 3 is 2.81 bits per heavy atom. The highest BCUT2D eigenvalue weighted by Crippen LogP contribution is 2.11. The summed E-state index contributed by atoms with van der Waals surface area (Å²) in [4.78, 5) is 4.56. The molecule has 0 saturated heterocycles. The van der Waals surface area contributed by atoms with Crippen LogP contribution in [0, 0.1) is 0 Å². The molecule has 0 radical (unpaired) electrons. The molecule has 1 aromatic rings. The highest BCUT2D eigenvalue weighted by Gasteiger charge is 2.09. The topological polar surface area (TPSA) is 34.1 Å². The minimum Gasteiger partial charge on any atom is -0.381 e. The summed E-state index contributed by atoms with van der Waals surface area (Å²) >= 11 is 1.72. The van der Waals surface area contributed by atoms with Crippen molar-refractivity contribution in [2.45, 2.75) is 46.2 Å². The minimum atomic E-state index is 0.148. The van der Waals surface area contributed by atoms with Crippen LogP contribution < -0.4 is 5.32 Å². The van der Waals surface area contributed by atoms with Crippen LogP contribution in [0.3, 0.4) is 0 Å². The number of aromatic nitrogens is 1. The number of ether oxygens (including phenoxy) is 1. The molecule has 0 aliphatic rings. The second-order valence-electron chi connectivity index (χ2n) is 4.78. The first-order valence-electron chi connectivity index (χ1n) is 5.77. The van der Waals surface area contributed by atoms with Crippen LogP contribution in [0.2, 0.25) is 0 Å². The van der Waals surface area contributed by atoms with E-state index >= 15 is 0 Å². The molecule has 1 rings (SSSR count). The Morgan fingerprint density at radius 1 is 1.44 bits per heavy atom. The predicted molar refractivity (Wildman–Crippen MR) is 68.9 cm³/mol. The summed E-state index contributed by atoms with van der Waals surface area (Å²) in [5.41, 5.74) is 1.28. The van der Waals surface area contributed by atoms with Crippen molar-refractivity contribution < 1.29 is 4.74 Å². The maximum Gasteiger partial charge on any atom is 0.0951 e. The summed E-state index contributed by atoms with van der Waals surface area (Å²) in [6.45, 7) is 10.9. The van der Waals surface area contributed by atoms with E-state index in [2.05, 4.69) is 36.5 Å². The summed E-state index contributed by atoms with van der Waals surface area (Å²) in [7, 11) is 0. The Kier molecular flexibility index (Phi) is 5.38. The Labute approximate surface area is 102 Å². The molecule has 0 aliphatic heterocycles. The zero-order chi connectivity index (χ0) is 12.0. The number of thiazole rings is 1. The SMILES string of the molecule is CCOCCc1nc(CNC(C)(C)C)cs1. The number of rotatable bonds is 6. The molecule has 0 unspecified atom stereocenters. The van der Waals surface area contributed by atoms with Crippen LogP contribution in [0.1, 0.15) is 38.4 Å². The summed E-state index contributed by atoms with van der Waals surface area (Å²) in [6, 6.07) is 0. The number of nitrogens with zero attached hydrogens (tertiary/aromatic N) is 1. The van der Waals surface area contributed by atoms with Crippen LogP contribution in [-0.4, -0.2) is 23.7 Å². The first-order valence-corrected chi connectivity index (χ1v) is 6.65. The highest BCUT2D eigenvalue weighted by atomic mass is 32.1. The van der Waals surface area contributed by atoms with Crippen molar-refractivity contribution in [2.75, 3.05) is 13.2 Å². The lowest BCUT2D eigenvalue weighted by Gasteiger charge is -2.19. The van der Waals surface area contributed by atoms with Gasteiger partial charge in [-0.15, -0.1) is 11.3 Å². The van der Waals surface area contributed by atoms with Crippen LogP contribution in [0.25, 0.3) is 0 Å². The van der Waals surface area contributed by atoms with Gasteiger partial charge in [0.25, 0.3) is 0 Å². The summed E-state index contributed by atoms with van der Waals surface area (Å²) in [5.74, 6) is 0. The molecule has 1 aromatic heterocycles. The zero-order valence-corrected chi connectivity index (χ0v) is 11.5. The first-order chi connectivity index (χ1) is 7.51. The Bertz CT molecular complexity index is 304. The zero-order valence-electron chi connectivity index (χ0n) is 10.7. The van der Waals surface area contributed by atoms with Crippen molar-refractivity contribution in [3.8, 4) is 0 Å². The van der Waals surface area contributed by atoms with Crippen molar-refractivity contribution >= 4 is 11.3 Å². The van der Waals surface area contributed by atoms with Crippen molar-refractivity contribution in [2.24, 2.45) is 0 Å². The quantitative estimate of drug-likeness (QED) is 0.779. The second kappa shape index (κ2) is 6.33. The van der Waals surface area contributed by atoms with Crippen LogP contribution in [0.15, 0.2) is 5.38 Å². The monoisotopic (exact) mass is 242 g/mol. The number of hydrogen-bond donors (Lipinski definition) is 1. The van der Waals surface area contributed by atoms with E-state index in [-0.39, 0.29) is 5.54 Å². The van der Waals surface area contributed by atoms with Crippen LogP contribution in [0.4, 0.5) is 0 Å². The number of nitrogens with one attached hydrogen (secondary N) is 1. The van der Waals surface area contributed by atoms with Gasteiger partial charge < -0.3 is 10.1 Å². The van der Waals surface area contributed by atoms with Gasteiger partial charge in [-0.2, -0.15) is 0 Å². The summed E-state index contributed by atoms with van der Waals surface area (Å²) in [5, 5.41) is 6.72. The minimum absolute atomic E-state index is 0.148. The van der Waals surface area contributed by atoms with E-state index in [1.54, 1.807) is 11.3 Å². The van der Waals surface area contributed by atoms with Gasteiger partial charge in [-0.05, 0) is 27.7 Å². The molecule has 0 aliphatic carbocycles. The Morgan fingerprint density at radius 2 is 2.19 bits per heavy atom. The Balaban J connectivity index is 2.33. The molecule has 4 heteroatoms. The third-order valence-electron chi connectivity index (χ3n) is 2.06. The smallest absolute Gasteiger partial charge is 0.0951 e. The van der Waals surface area contributed by atoms with E-state index < -0.39 is 0 Å². The average Bonchev–Trinajstić information content (AvgIpc) is 2.62. The molecule has 0 saturated carbocycles. The largest absolute Gasteiger partial charge is 0.381 e. The summed E-state index contributed by atoms with van der Waals surface area (Å²) in [6.07, 6.45) is 0.925. The van der Waals surface area contributed by atoms with E-state index in [4.69, 9.17) is 4.74 Å². The predicted octanol–water partition coefficient (Wildman–Crippen LogP) is 2.61. The summed E-state index contributed by atoms with van der Waals surface area (Å²) < 4.78 is 5.31. The molecule has 0 aromatic carbocycles. The van der Waals surface area contributed by atoms with Gasteiger partial charge in [0.2, 0.25) is 0 Å². The molecular formula is C12H22N2OS. The van der Waals surface area contributed by atoms with E-state index in [9.17, 15) is 0 Å². The highest BCUT2D eigenvalue weighted by molar-refractivity contribution is 7.09. The van der Waals surface area contributed by atoms with E-state index in [0.29, 0.717) is 0 Å². The fraction of sp³-hybridized carbons (Fsp3) is 0.750. The molecule has 0 spiro atoms. The molecule has 16 heavy (non-hydrogen) atoms.